The average molecular weight is 660 g/mol. The largest absolute Gasteiger partial charge is 0.493 e. The number of hydrogen-bond acceptors (Lipinski definition) is 6. The van der Waals surface area contributed by atoms with Gasteiger partial charge in [0.25, 0.3) is 0 Å². The number of nitrogens with one attached hydrogen (secondary N) is 1. The van der Waals surface area contributed by atoms with E-state index < -0.39 is 11.5 Å². The maximum atomic E-state index is 12.9. The number of carboxylic acid groups (broad SMARTS) is 1. The molecule has 6 rings (SSSR count). The van der Waals surface area contributed by atoms with E-state index in [4.69, 9.17) is 16.3 Å². The quantitative estimate of drug-likeness (QED) is 0.193. The summed E-state index contributed by atoms with van der Waals surface area (Å²) in [6.07, 6.45) is 9.77. The summed E-state index contributed by atoms with van der Waals surface area (Å²) in [6, 6.07) is 16.0. The van der Waals surface area contributed by atoms with E-state index in [-0.39, 0.29) is 18.1 Å². The first-order chi connectivity index (χ1) is 22.5. The zero-order valence-electron chi connectivity index (χ0n) is 28.3. The SMILES string of the molecule is C[C@@H](COc1ccnc2c1[C@H](C)CCC2)CC1Cc2ccc(C(CO)N(C)C)cc2C12CCC(Nc1cccc(Cl)c1)(C(=O)O)CC2. The van der Waals surface area contributed by atoms with Gasteiger partial charge in [-0.25, -0.2) is 4.79 Å². The Morgan fingerprint density at radius 1 is 1.15 bits per heavy atom. The molecule has 1 aromatic heterocycles. The summed E-state index contributed by atoms with van der Waals surface area (Å²) >= 11 is 6.27. The average Bonchev–Trinajstić information content (AvgIpc) is 3.33. The van der Waals surface area contributed by atoms with Crippen molar-refractivity contribution >= 4 is 23.3 Å². The van der Waals surface area contributed by atoms with E-state index in [1.807, 2.05) is 38.5 Å². The monoisotopic (exact) mass is 659 g/mol. The first kappa shape index (κ1) is 33.8. The molecule has 0 saturated heterocycles. The number of aliphatic hydroxyl groups excluding tert-OH is 1. The van der Waals surface area contributed by atoms with Crippen molar-refractivity contribution in [3.8, 4) is 5.75 Å². The van der Waals surface area contributed by atoms with Gasteiger partial charge in [0.15, 0.2) is 0 Å². The molecular weight excluding hydrogens is 610 g/mol. The van der Waals surface area contributed by atoms with Gasteiger partial charge in [0.2, 0.25) is 0 Å². The number of ether oxygens (including phenoxy) is 1. The Hall–Kier alpha value is -3.13. The fourth-order valence-electron chi connectivity index (χ4n) is 8.89. The molecule has 4 atom stereocenters. The van der Waals surface area contributed by atoms with Crippen LogP contribution in [-0.2, 0) is 23.1 Å². The van der Waals surface area contributed by atoms with Crippen LogP contribution in [0.4, 0.5) is 5.69 Å². The van der Waals surface area contributed by atoms with Gasteiger partial charge in [-0.1, -0.05) is 49.7 Å². The van der Waals surface area contributed by atoms with Gasteiger partial charge in [-0.15, -0.1) is 0 Å². The van der Waals surface area contributed by atoms with Crippen LogP contribution >= 0.6 is 11.6 Å². The number of hydrogen-bond donors (Lipinski definition) is 3. The third-order valence-electron chi connectivity index (χ3n) is 11.5. The number of carbonyl (C=O) groups is 1. The highest BCUT2D eigenvalue weighted by Crippen LogP contribution is 2.56. The van der Waals surface area contributed by atoms with Gasteiger partial charge in [0.05, 0.1) is 19.3 Å². The van der Waals surface area contributed by atoms with E-state index in [0.29, 0.717) is 42.2 Å². The van der Waals surface area contributed by atoms with Crippen LogP contribution in [0.25, 0.3) is 0 Å². The van der Waals surface area contributed by atoms with Gasteiger partial charge in [-0.05, 0) is 136 Å². The topological polar surface area (TPSA) is 94.9 Å². The summed E-state index contributed by atoms with van der Waals surface area (Å²) in [5, 5.41) is 24.8. The van der Waals surface area contributed by atoms with Gasteiger partial charge < -0.3 is 25.2 Å². The second-order valence-electron chi connectivity index (χ2n) is 14.8. The fraction of sp³-hybridized carbons (Fsp3) is 0.538. The normalized spacial score (nSPS) is 26.4. The number of fused-ring (bicyclic) bond motifs is 3. The number of rotatable bonds is 11. The van der Waals surface area contributed by atoms with E-state index in [2.05, 4.69) is 47.2 Å². The van der Waals surface area contributed by atoms with Crippen LogP contribution < -0.4 is 10.1 Å². The standard InChI is InChI=1S/C39H50ClN3O4/c1-25(24-47-35-13-18-41-33-10-5-7-26(2)36(33)35)19-29-20-27-11-12-28(34(23-44)43(3)4)21-32(27)38(29)14-16-39(17-15-38,37(45)46)42-31-9-6-8-30(40)22-31/h6,8-9,11-13,18,21-22,25-26,29,34,42,44H,5,7,10,14-17,19-20,23-24H2,1-4H3,(H,45,46)/t25-,26-,29?,34?,38?,39?/m1/s1. The number of aliphatic hydroxyl groups is 1. The molecule has 2 unspecified atom stereocenters. The molecule has 0 bridgehead atoms. The summed E-state index contributed by atoms with van der Waals surface area (Å²) in [4.78, 5) is 19.6. The lowest BCUT2D eigenvalue weighted by atomic mass is 9.59. The lowest BCUT2D eigenvalue weighted by Crippen LogP contribution is -2.53. The lowest BCUT2D eigenvalue weighted by Gasteiger charge is -2.47. The molecular formula is C39H50ClN3O4. The van der Waals surface area contributed by atoms with E-state index >= 15 is 0 Å². The Kier molecular flexibility index (Phi) is 9.89. The van der Waals surface area contributed by atoms with Crippen LogP contribution in [0.15, 0.2) is 54.7 Å². The minimum atomic E-state index is -1.07. The molecule has 3 aromatic rings. The predicted molar refractivity (Wildman–Crippen MR) is 188 cm³/mol. The maximum absolute atomic E-state index is 12.9. The Balaban J connectivity index is 1.27. The summed E-state index contributed by atoms with van der Waals surface area (Å²) in [6.45, 7) is 5.25. The smallest absolute Gasteiger partial charge is 0.329 e. The molecule has 1 fully saturated rings. The molecule has 47 heavy (non-hydrogen) atoms. The molecule has 0 amide bonds. The van der Waals surface area contributed by atoms with E-state index in [9.17, 15) is 15.0 Å². The number of benzene rings is 2. The molecule has 1 heterocycles. The van der Waals surface area contributed by atoms with Crippen molar-refractivity contribution in [3.63, 3.8) is 0 Å². The van der Waals surface area contributed by atoms with Crippen LogP contribution in [-0.4, -0.2) is 58.9 Å². The van der Waals surface area contributed by atoms with Crippen molar-refractivity contribution < 1.29 is 19.7 Å². The van der Waals surface area contributed by atoms with Gasteiger partial charge in [-0.2, -0.15) is 0 Å². The Labute approximate surface area is 284 Å². The van der Waals surface area contributed by atoms with Gasteiger partial charge in [0.1, 0.15) is 11.3 Å². The summed E-state index contributed by atoms with van der Waals surface area (Å²) < 4.78 is 6.56. The van der Waals surface area contributed by atoms with Crippen molar-refractivity contribution in [2.75, 3.05) is 32.6 Å². The zero-order valence-corrected chi connectivity index (χ0v) is 29.0. The molecule has 1 saturated carbocycles. The van der Waals surface area contributed by atoms with E-state index in [1.54, 1.807) is 12.1 Å². The first-order valence-electron chi connectivity index (χ1n) is 17.3. The number of aromatic nitrogens is 1. The highest BCUT2D eigenvalue weighted by atomic mass is 35.5. The fourth-order valence-corrected chi connectivity index (χ4v) is 9.08. The Bertz CT molecular complexity index is 1580. The van der Waals surface area contributed by atoms with Crippen LogP contribution in [0.5, 0.6) is 5.75 Å². The number of halogens is 1. The second-order valence-corrected chi connectivity index (χ2v) is 15.2. The molecule has 3 aliphatic rings. The summed E-state index contributed by atoms with van der Waals surface area (Å²) in [5.74, 6) is 1.30. The van der Waals surface area contributed by atoms with E-state index in [0.717, 1.165) is 49.1 Å². The van der Waals surface area contributed by atoms with Crippen molar-refractivity contribution in [1.82, 2.24) is 9.88 Å². The zero-order chi connectivity index (χ0) is 33.3. The minimum absolute atomic E-state index is 0.0413. The van der Waals surface area contributed by atoms with Crippen LogP contribution in [0, 0.1) is 11.8 Å². The molecule has 3 aliphatic carbocycles. The third-order valence-corrected chi connectivity index (χ3v) is 11.7. The van der Waals surface area contributed by atoms with Crippen molar-refractivity contribution in [3.05, 3.63) is 87.7 Å². The Morgan fingerprint density at radius 2 is 1.94 bits per heavy atom. The molecule has 2 aromatic carbocycles. The molecule has 252 valence electrons. The molecule has 8 heteroatoms. The number of aryl methyl sites for hydroxylation is 1. The molecule has 0 radical (unpaired) electrons. The Morgan fingerprint density at radius 3 is 2.64 bits per heavy atom. The number of carboxylic acids is 1. The number of nitrogens with zero attached hydrogens (tertiary/aromatic N) is 2. The van der Waals surface area contributed by atoms with Crippen molar-refractivity contribution in [1.29, 1.82) is 0 Å². The maximum Gasteiger partial charge on any atom is 0.329 e. The van der Waals surface area contributed by atoms with Crippen LogP contribution in [0.2, 0.25) is 5.02 Å². The number of likely N-dealkylation sites (N-methyl/N-ethyl adjacent to an activating group) is 1. The van der Waals surface area contributed by atoms with Gasteiger partial charge in [0, 0.05) is 28.2 Å². The van der Waals surface area contributed by atoms with Crippen molar-refractivity contribution in [2.24, 2.45) is 11.8 Å². The van der Waals surface area contributed by atoms with Crippen molar-refractivity contribution in [2.45, 2.75) is 94.5 Å². The predicted octanol–water partition coefficient (Wildman–Crippen LogP) is 7.79. The highest BCUT2D eigenvalue weighted by molar-refractivity contribution is 6.30. The van der Waals surface area contributed by atoms with E-state index in [1.165, 1.54) is 35.2 Å². The van der Waals surface area contributed by atoms with Gasteiger partial charge in [-0.3, -0.25) is 4.98 Å². The third kappa shape index (κ3) is 6.64. The molecule has 0 aliphatic heterocycles. The lowest BCUT2D eigenvalue weighted by molar-refractivity contribution is -0.144. The summed E-state index contributed by atoms with van der Waals surface area (Å²) in [5.41, 5.74) is 5.79. The number of pyridine rings is 1. The molecule has 7 nitrogen and oxygen atoms in total. The molecule has 1 spiro atoms. The summed E-state index contributed by atoms with van der Waals surface area (Å²) in [7, 11) is 4.00. The number of anilines is 1. The van der Waals surface area contributed by atoms with Crippen LogP contribution in [0.1, 0.15) is 98.7 Å². The molecule has 3 N–H and O–H groups in total. The second kappa shape index (κ2) is 13.8. The van der Waals surface area contributed by atoms with Gasteiger partial charge >= 0.3 is 5.97 Å². The number of aliphatic carboxylic acids is 1. The first-order valence-corrected chi connectivity index (χ1v) is 17.7. The van der Waals surface area contributed by atoms with Crippen LogP contribution in [0.3, 0.4) is 0 Å². The minimum Gasteiger partial charge on any atom is -0.493 e. The highest BCUT2D eigenvalue weighted by Gasteiger charge is 2.54.